The third kappa shape index (κ3) is 2.92. The van der Waals surface area contributed by atoms with Crippen molar-refractivity contribution >= 4 is 0 Å². The summed E-state index contributed by atoms with van der Waals surface area (Å²) in [5.41, 5.74) is 4.28. The lowest BCUT2D eigenvalue weighted by atomic mass is 9.35. The molecule has 0 radical (unpaired) electrons. The lowest BCUT2D eigenvalue weighted by Gasteiger charge is -2.69. The average molecular weight is 437 g/mol. The average Bonchev–Trinajstić information content (AvgIpc) is 3.15. The van der Waals surface area contributed by atoms with Crippen molar-refractivity contribution in [2.24, 2.45) is 57.2 Å². The zero-order valence-electron chi connectivity index (χ0n) is 22.1. The molecule has 0 bridgehead atoms. The van der Waals surface area contributed by atoms with E-state index < -0.39 is 0 Å². The number of rotatable bonds is 1. The van der Waals surface area contributed by atoms with Gasteiger partial charge in [0.15, 0.2) is 0 Å². The lowest BCUT2D eigenvalue weighted by molar-refractivity contribution is -0.201. The van der Waals surface area contributed by atoms with Crippen molar-refractivity contribution in [2.45, 2.75) is 131 Å². The lowest BCUT2D eigenvalue weighted by Crippen LogP contribution is -2.62. The second kappa shape index (κ2) is 7.37. The summed E-state index contributed by atoms with van der Waals surface area (Å²) in [6.45, 7) is 13.7. The largest absolute Gasteiger partial charge is 0.0850 e. The predicted molar refractivity (Wildman–Crippen MR) is 136 cm³/mol. The van der Waals surface area contributed by atoms with Crippen LogP contribution in [0.5, 0.6) is 0 Å². The molecule has 0 N–H and O–H groups in total. The van der Waals surface area contributed by atoms with Crippen LogP contribution >= 0.6 is 0 Å². The van der Waals surface area contributed by atoms with Gasteiger partial charge in [-0.1, -0.05) is 52.7 Å². The van der Waals surface area contributed by atoms with Gasteiger partial charge in [0.1, 0.15) is 0 Å². The first-order valence-corrected chi connectivity index (χ1v) is 14.9. The van der Waals surface area contributed by atoms with Crippen molar-refractivity contribution in [3.63, 3.8) is 0 Å². The van der Waals surface area contributed by atoms with E-state index in [4.69, 9.17) is 0 Å². The van der Waals surface area contributed by atoms with Crippen LogP contribution in [0.4, 0.5) is 0 Å². The summed E-state index contributed by atoms with van der Waals surface area (Å²) in [5.74, 6) is 5.96. The number of hydrogen-bond acceptors (Lipinski definition) is 0. The summed E-state index contributed by atoms with van der Waals surface area (Å²) in [7, 11) is 0. The molecule has 180 valence electrons. The first-order chi connectivity index (χ1) is 15.2. The standard InChI is InChI=1S/C32H52/c1-29(2)24(22-10-7-6-8-11-22)16-20-32(5)27(29)17-21-31(4)26-15-19-30(3)18-9-12-25(30)23(26)13-14-28(31)32/h10,23-28H,6-9,11-21H2,1-5H3. The van der Waals surface area contributed by atoms with E-state index in [0.717, 1.165) is 35.5 Å². The fourth-order valence-corrected chi connectivity index (χ4v) is 12.4. The molecule has 0 heterocycles. The Hall–Kier alpha value is -0.260. The highest BCUT2D eigenvalue weighted by Gasteiger charge is 2.65. The van der Waals surface area contributed by atoms with Gasteiger partial charge in [-0.15, -0.1) is 0 Å². The fourth-order valence-electron chi connectivity index (χ4n) is 12.4. The Morgan fingerprint density at radius 3 is 2.25 bits per heavy atom. The van der Waals surface area contributed by atoms with Crippen LogP contribution in [0, 0.1) is 57.2 Å². The Labute approximate surface area is 199 Å². The van der Waals surface area contributed by atoms with Crippen molar-refractivity contribution < 1.29 is 0 Å². The summed E-state index contributed by atoms with van der Waals surface area (Å²) in [4.78, 5) is 0. The van der Waals surface area contributed by atoms with Gasteiger partial charge in [-0.25, -0.2) is 0 Å². The molecular formula is C32H52. The van der Waals surface area contributed by atoms with Crippen molar-refractivity contribution in [3.05, 3.63) is 11.6 Å². The Balaban J connectivity index is 1.30. The smallest absolute Gasteiger partial charge is 0.0149 e. The fraction of sp³-hybridized carbons (Fsp3) is 0.938. The first kappa shape index (κ1) is 22.2. The molecule has 6 aliphatic rings. The molecule has 5 saturated carbocycles. The molecule has 0 saturated heterocycles. The van der Waals surface area contributed by atoms with Gasteiger partial charge in [0, 0.05) is 0 Å². The molecule has 0 aromatic heterocycles. The van der Waals surface area contributed by atoms with E-state index in [1.54, 1.807) is 32.1 Å². The van der Waals surface area contributed by atoms with Crippen LogP contribution in [0.15, 0.2) is 11.6 Å². The Morgan fingerprint density at radius 1 is 0.656 bits per heavy atom. The minimum atomic E-state index is 0.491. The molecule has 0 amide bonds. The topological polar surface area (TPSA) is 0 Å². The normalized spacial score (nSPS) is 54.6. The van der Waals surface area contributed by atoms with Gasteiger partial charge in [-0.3, -0.25) is 0 Å². The van der Waals surface area contributed by atoms with Crippen molar-refractivity contribution in [1.82, 2.24) is 0 Å². The van der Waals surface area contributed by atoms with Crippen LogP contribution in [-0.4, -0.2) is 0 Å². The maximum atomic E-state index is 2.82. The molecule has 32 heavy (non-hydrogen) atoms. The molecule has 0 spiro atoms. The Morgan fingerprint density at radius 2 is 1.47 bits per heavy atom. The minimum absolute atomic E-state index is 0.491. The van der Waals surface area contributed by atoms with Crippen LogP contribution in [-0.2, 0) is 0 Å². The highest BCUT2D eigenvalue weighted by Crippen LogP contribution is 2.73. The van der Waals surface area contributed by atoms with Gasteiger partial charge in [0.2, 0.25) is 0 Å². The van der Waals surface area contributed by atoms with E-state index in [0.29, 0.717) is 21.7 Å². The van der Waals surface area contributed by atoms with E-state index in [1.807, 2.05) is 5.57 Å². The molecule has 0 nitrogen and oxygen atoms in total. The third-order valence-electron chi connectivity index (χ3n) is 13.8. The molecule has 6 aliphatic carbocycles. The molecule has 0 aliphatic heterocycles. The number of hydrogen-bond donors (Lipinski definition) is 0. The number of allylic oxidation sites excluding steroid dienone is 2. The van der Waals surface area contributed by atoms with Gasteiger partial charge in [-0.2, -0.15) is 0 Å². The molecule has 6 rings (SSSR count). The highest BCUT2D eigenvalue weighted by atomic mass is 14.7. The van der Waals surface area contributed by atoms with Crippen LogP contribution in [0.25, 0.3) is 0 Å². The zero-order valence-corrected chi connectivity index (χ0v) is 22.1. The monoisotopic (exact) mass is 436 g/mol. The summed E-state index contributed by atoms with van der Waals surface area (Å²) < 4.78 is 0. The van der Waals surface area contributed by atoms with Gasteiger partial charge < -0.3 is 0 Å². The Bertz CT molecular complexity index is 773. The van der Waals surface area contributed by atoms with E-state index in [2.05, 4.69) is 40.7 Å². The Kier molecular flexibility index (Phi) is 5.12. The van der Waals surface area contributed by atoms with Crippen molar-refractivity contribution in [3.8, 4) is 0 Å². The molecule has 0 aromatic carbocycles. The molecule has 5 fully saturated rings. The SMILES string of the molecule is CC12CCCC1C1CCC3C(C)(CCC4C(C)(C)C(C5=CCCCC5)CCC43C)C1CC2. The van der Waals surface area contributed by atoms with Gasteiger partial charge in [0.25, 0.3) is 0 Å². The van der Waals surface area contributed by atoms with Crippen LogP contribution in [0.1, 0.15) is 131 Å². The summed E-state index contributed by atoms with van der Waals surface area (Å²) in [6, 6.07) is 0. The minimum Gasteiger partial charge on any atom is -0.0850 e. The van der Waals surface area contributed by atoms with Crippen LogP contribution < -0.4 is 0 Å². The van der Waals surface area contributed by atoms with E-state index in [-0.39, 0.29) is 0 Å². The van der Waals surface area contributed by atoms with Crippen molar-refractivity contribution in [1.29, 1.82) is 0 Å². The third-order valence-corrected chi connectivity index (χ3v) is 13.8. The maximum Gasteiger partial charge on any atom is -0.0149 e. The maximum absolute atomic E-state index is 2.82. The molecular weight excluding hydrogens is 384 g/mol. The zero-order chi connectivity index (χ0) is 22.4. The van der Waals surface area contributed by atoms with Crippen LogP contribution in [0.3, 0.4) is 0 Å². The molecule has 9 unspecified atom stereocenters. The van der Waals surface area contributed by atoms with Crippen LogP contribution in [0.2, 0.25) is 0 Å². The van der Waals surface area contributed by atoms with E-state index in [1.165, 1.54) is 64.2 Å². The van der Waals surface area contributed by atoms with Gasteiger partial charge in [0.05, 0.1) is 0 Å². The molecule has 0 heteroatoms. The molecule has 9 atom stereocenters. The second-order valence-electron chi connectivity index (χ2n) is 15.1. The van der Waals surface area contributed by atoms with E-state index in [9.17, 15) is 0 Å². The first-order valence-electron chi connectivity index (χ1n) is 14.9. The van der Waals surface area contributed by atoms with Gasteiger partial charge >= 0.3 is 0 Å². The van der Waals surface area contributed by atoms with Gasteiger partial charge in [-0.05, 0) is 147 Å². The summed E-state index contributed by atoms with van der Waals surface area (Å²) in [5, 5.41) is 0. The highest BCUT2D eigenvalue weighted by molar-refractivity contribution is 5.20. The quantitative estimate of drug-likeness (QED) is 0.359. The summed E-state index contributed by atoms with van der Waals surface area (Å²) >= 11 is 0. The molecule has 0 aromatic rings. The van der Waals surface area contributed by atoms with E-state index >= 15 is 0 Å². The van der Waals surface area contributed by atoms with Crippen molar-refractivity contribution in [2.75, 3.05) is 0 Å². The number of fused-ring (bicyclic) bond motifs is 7. The predicted octanol–water partition coefficient (Wildman–Crippen LogP) is 9.59. The second-order valence-corrected chi connectivity index (χ2v) is 15.1. The summed E-state index contributed by atoms with van der Waals surface area (Å²) in [6.07, 6.45) is 25.2.